The lowest BCUT2D eigenvalue weighted by Crippen LogP contribution is -2.53. The van der Waals surface area contributed by atoms with Gasteiger partial charge in [0, 0.05) is 43.7 Å². The molecule has 0 bridgehead atoms. The zero-order valence-electron chi connectivity index (χ0n) is 21.5. The van der Waals surface area contributed by atoms with E-state index in [2.05, 4.69) is 15.0 Å². The number of carbonyl (C=O) groups excluding carboxylic acids is 1. The van der Waals surface area contributed by atoms with Gasteiger partial charge in [0.2, 0.25) is 0 Å². The number of carbonyl (C=O) groups is 1. The zero-order chi connectivity index (χ0) is 25.4. The molecule has 0 radical (unpaired) electrons. The van der Waals surface area contributed by atoms with Gasteiger partial charge in [0.05, 0.1) is 6.54 Å². The number of aromatic nitrogens is 2. The Balaban J connectivity index is 1.24. The molecule has 8 heteroatoms. The Morgan fingerprint density at radius 3 is 2.61 bits per heavy atom. The van der Waals surface area contributed by atoms with Gasteiger partial charge in [0.25, 0.3) is 11.8 Å². The van der Waals surface area contributed by atoms with Crippen molar-refractivity contribution in [2.24, 2.45) is 0 Å². The van der Waals surface area contributed by atoms with E-state index >= 15 is 0 Å². The Kier molecular flexibility index (Phi) is 6.47. The first-order valence-corrected chi connectivity index (χ1v) is 12.7. The molecule has 0 saturated carbocycles. The summed E-state index contributed by atoms with van der Waals surface area (Å²) in [6.07, 6.45) is 2.17. The monoisotopic (exact) mass is 490 g/mol. The molecule has 36 heavy (non-hydrogen) atoms. The largest absolute Gasteiger partial charge is 0.507 e. The van der Waals surface area contributed by atoms with Crippen molar-refractivity contribution < 1.29 is 19.2 Å². The molecule has 0 aliphatic carbocycles. The molecular formula is C28H34N4O4. The predicted octanol–water partition coefficient (Wildman–Crippen LogP) is 4.19. The van der Waals surface area contributed by atoms with Crippen LogP contribution in [0.4, 0.5) is 0 Å². The van der Waals surface area contributed by atoms with Gasteiger partial charge in [-0.2, -0.15) is 4.98 Å². The summed E-state index contributed by atoms with van der Waals surface area (Å²) in [7, 11) is 0. The van der Waals surface area contributed by atoms with Crippen molar-refractivity contribution in [3.05, 3.63) is 58.4 Å². The molecule has 1 saturated heterocycles. The fourth-order valence-electron chi connectivity index (χ4n) is 5.28. The van der Waals surface area contributed by atoms with E-state index in [0.29, 0.717) is 49.9 Å². The Labute approximate surface area is 211 Å². The number of amides is 1. The first-order valence-electron chi connectivity index (χ1n) is 12.7. The van der Waals surface area contributed by atoms with Gasteiger partial charge in [-0.15, -0.1) is 0 Å². The number of benzene rings is 2. The second-order valence-corrected chi connectivity index (χ2v) is 10.2. The molecule has 8 nitrogen and oxygen atoms in total. The first-order chi connectivity index (χ1) is 17.3. The third kappa shape index (κ3) is 4.46. The van der Waals surface area contributed by atoms with Crippen molar-refractivity contribution in [1.29, 1.82) is 0 Å². The van der Waals surface area contributed by atoms with E-state index in [9.17, 15) is 9.90 Å². The van der Waals surface area contributed by atoms with Crippen molar-refractivity contribution in [3.8, 4) is 23.0 Å². The number of aromatic hydroxyl groups is 1. The van der Waals surface area contributed by atoms with Crippen LogP contribution in [0.1, 0.15) is 47.8 Å². The van der Waals surface area contributed by atoms with E-state index in [1.165, 1.54) is 0 Å². The van der Waals surface area contributed by atoms with Gasteiger partial charge in [-0.1, -0.05) is 23.4 Å². The Morgan fingerprint density at radius 2 is 1.83 bits per heavy atom. The van der Waals surface area contributed by atoms with E-state index in [1.807, 2.05) is 62.9 Å². The number of phenolic OH excluding ortho intramolecular Hbond substituents is 1. The average molecular weight is 491 g/mol. The van der Waals surface area contributed by atoms with Crippen LogP contribution in [0.25, 0.3) is 11.5 Å². The lowest BCUT2D eigenvalue weighted by molar-refractivity contribution is -0.148. The van der Waals surface area contributed by atoms with Crippen molar-refractivity contribution in [2.75, 3.05) is 26.2 Å². The minimum Gasteiger partial charge on any atom is -0.507 e. The molecule has 3 heterocycles. The predicted molar refractivity (Wildman–Crippen MR) is 136 cm³/mol. The van der Waals surface area contributed by atoms with Crippen LogP contribution in [0.15, 0.2) is 34.9 Å². The van der Waals surface area contributed by atoms with Gasteiger partial charge >= 0.3 is 0 Å². The molecular weight excluding hydrogens is 456 g/mol. The van der Waals surface area contributed by atoms with E-state index in [1.54, 1.807) is 0 Å². The Morgan fingerprint density at radius 1 is 1.06 bits per heavy atom. The molecule has 1 atom stereocenters. The summed E-state index contributed by atoms with van der Waals surface area (Å²) in [4.78, 5) is 22.5. The Hall–Kier alpha value is -3.39. The number of hydrogen-bond donors (Lipinski definition) is 1. The molecule has 0 spiro atoms. The average Bonchev–Trinajstić information content (AvgIpc) is 3.24. The molecule has 3 aromatic rings. The van der Waals surface area contributed by atoms with E-state index in [4.69, 9.17) is 9.26 Å². The van der Waals surface area contributed by atoms with Crippen molar-refractivity contribution in [1.82, 2.24) is 19.9 Å². The SMILES string of the molecule is Cc1c(C)c2c(c(C)c1O)CCC(C)(C(=O)N1CCCN(Cc3noc(-c4ccccc4)n3)CC1)O2. The molecule has 190 valence electrons. The molecule has 5 rings (SSSR count). The molecule has 1 amide bonds. The van der Waals surface area contributed by atoms with Crippen molar-refractivity contribution >= 4 is 5.91 Å². The summed E-state index contributed by atoms with van der Waals surface area (Å²) in [6.45, 7) is 11.2. The molecule has 2 aliphatic rings. The Bertz CT molecular complexity index is 1270. The lowest BCUT2D eigenvalue weighted by Gasteiger charge is -2.39. The summed E-state index contributed by atoms with van der Waals surface area (Å²) in [5.41, 5.74) is 3.57. The summed E-state index contributed by atoms with van der Waals surface area (Å²) >= 11 is 0. The van der Waals surface area contributed by atoms with Gasteiger partial charge in [-0.25, -0.2) is 0 Å². The maximum atomic E-state index is 13.7. The van der Waals surface area contributed by atoms with Crippen LogP contribution in [0.2, 0.25) is 0 Å². The third-order valence-electron chi connectivity index (χ3n) is 7.70. The topological polar surface area (TPSA) is 91.9 Å². The lowest BCUT2D eigenvalue weighted by atomic mass is 9.86. The molecule has 1 unspecified atom stereocenters. The number of fused-ring (bicyclic) bond motifs is 1. The normalized spacial score (nSPS) is 20.5. The fraction of sp³-hybridized carbons (Fsp3) is 0.464. The van der Waals surface area contributed by atoms with Crippen LogP contribution in [0, 0.1) is 20.8 Å². The number of rotatable bonds is 4. The quantitative estimate of drug-likeness (QED) is 0.586. The number of hydrogen-bond acceptors (Lipinski definition) is 7. The molecule has 2 aliphatic heterocycles. The summed E-state index contributed by atoms with van der Waals surface area (Å²) in [5.74, 6) is 2.29. The summed E-state index contributed by atoms with van der Waals surface area (Å²) < 4.78 is 11.9. The van der Waals surface area contributed by atoms with E-state index in [0.717, 1.165) is 53.1 Å². The van der Waals surface area contributed by atoms with Gasteiger partial charge in [-0.05, 0) is 69.4 Å². The highest BCUT2D eigenvalue weighted by atomic mass is 16.5. The third-order valence-corrected chi connectivity index (χ3v) is 7.70. The molecule has 2 aromatic carbocycles. The molecule has 1 fully saturated rings. The number of nitrogens with zero attached hydrogens (tertiary/aromatic N) is 4. The molecule has 1 aromatic heterocycles. The minimum absolute atomic E-state index is 0.0312. The minimum atomic E-state index is -0.916. The second-order valence-electron chi connectivity index (χ2n) is 10.2. The van der Waals surface area contributed by atoms with Crippen molar-refractivity contribution in [2.45, 2.75) is 59.1 Å². The highest BCUT2D eigenvalue weighted by Crippen LogP contribution is 2.43. The number of ether oxygens (including phenoxy) is 1. The zero-order valence-corrected chi connectivity index (χ0v) is 21.5. The van der Waals surface area contributed by atoms with Crippen LogP contribution >= 0.6 is 0 Å². The molecule has 1 N–H and O–H groups in total. The van der Waals surface area contributed by atoms with Gasteiger partial charge in [0.1, 0.15) is 11.5 Å². The second kappa shape index (κ2) is 9.58. The van der Waals surface area contributed by atoms with Crippen LogP contribution in [0.3, 0.4) is 0 Å². The highest BCUT2D eigenvalue weighted by molar-refractivity contribution is 5.86. The van der Waals surface area contributed by atoms with E-state index < -0.39 is 5.60 Å². The highest BCUT2D eigenvalue weighted by Gasteiger charge is 2.43. The van der Waals surface area contributed by atoms with E-state index in [-0.39, 0.29) is 5.91 Å². The number of phenols is 1. The van der Waals surface area contributed by atoms with Crippen LogP contribution in [0.5, 0.6) is 11.5 Å². The van der Waals surface area contributed by atoms with Crippen molar-refractivity contribution in [3.63, 3.8) is 0 Å². The van der Waals surface area contributed by atoms with Gasteiger partial charge in [0.15, 0.2) is 11.4 Å². The van der Waals surface area contributed by atoms with Gasteiger partial charge in [-0.3, -0.25) is 9.69 Å². The maximum Gasteiger partial charge on any atom is 0.266 e. The summed E-state index contributed by atoms with van der Waals surface area (Å²) in [5, 5.41) is 14.6. The smallest absolute Gasteiger partial charge is 0.266 e. The van der Waals surface area contributed by atoms with Crippen LogP contribution in [-0.4, -0.2) is 62.7 Å². The standard InChI is InChI=1S/C28H34N4O4/c1-18-19(2)25-22(20(3)24(18)33)11-12-28(4,35-25)27(34)32-14-8-13-31(15-16-32)17-23-29-26(36-30-23)21-9-6-5-7-10-21/h5-7,9-10,33H,8,11-17H2,1-4H3. The van der Waals surface area contributed by atoms with Crippen LogP contribution < -0.4 is 4.74 Å². The maximum absolute atomic E-state index is 13.7. The fourth-order valence-corrected chi connectivity index (χ4v) is 5.28. The van der Waals surface area contributed by atoms with Gasteiger partial charge < -0.3 is 19.3 Å². The first kappa shape index (κ1) is 24.3. The summed E-state index contributed by atoms with van der Waals surface area (Å²) in [6, 6.07) is 9.75. The van der Waals surface area contributed by atoms with Crippen LogP contribution in [-0.2, 0) is 17.8 Å².